The number of nitrogens with one attached hydrogen (secondary N) is 1. The normalized spacial score (nSPS) is 19.1. The van der Waals surface area contributed by atoms with E-state index in [0.29, 0.717) is 5.56 Å². The van der Waals surface area contributed by atoms with Gasteiger partial charge in [-0.15, -0.1) is 0 Å². The number of rotatable bonds is 4. The number of nitrogens with zero attached hydrogens (tertiary/aromatic N) is 2. The average molecular weight is 446 g/mol. The number of alkyl halides is 3. The van der Waals surface area contributed by atoms with Gasteiger partial charge in [-0.05, 0) is 25.5 Å². The number of aromatic nitrogens is 2. The third-order valence-corrected chi connectivity index (χ3v) is 4.62. The lowest BCUT2D eigenvalue weighted by atomic mass is 10.1. The van der Waals surface area contributed by atoms with Crippen LogP contribution in [-0.2, 0) is 4.74 Å². The highest BCUT2D eigenvalue weighted by Gasteiger charge is 2.45. The number of carbonyl (C=O) groups excluding carboxylic acids is 2. The number of hydrogen-bond acceptors (Lipinski definition) is 5. The van der Waals surface area contributed by atoms with E-state index in [-0.39, 0.29) is 17.9 Å². The van der Waals surface area contributed by atoms with Crippen LogP contribution >= 0.6 is 15.9 Å². The molecule has 2 heterocycles. The van der Waals surface area contributed by atoms with E-state index in [9.17, 15) is 22.8 Å². The molecule has 2 atom stereocenters. The van der Waals surface area contributed by atoms with Gasteiger partial charge in [0.1, 0.15) is 5.82 Å². The number of ether oxygens (including phenoxy) is 1. The third-order valence-electron chi connectivity index (χ3n) is 4.09. The van der Waals surface area contributed by atoms with E-state index in [1.54, 1.807) is 31.2 Å². The highest BCUT2D eigenvalue weighted by Crippen LogP contribution is 2.39. The first-order valence-electron chi connectivity index (χ1n) is 8.04. The Hall–Kier alpha value is -2.36. The maximum atomic E-state index is 13.2. The van der Waals surface area contributed by atoms with Crippen LogP contribution in [0.5, 0.6) is 0 Å². The standard InChI is InChI=1S/C17H15BrF3N3O3/c1-9-6-14(17(19,20)21)24-15(22-9)7-12(23-24)16(26)27-8-13(25)10-2-4-11(18)5-3-10/h2-5,7,9,14,22H,6,8H2,1H3. The zero-order valence-electron chi connectivity index (χ0n) is 14.1. The molecule has 1 aliphatic rings. The summed E-state index contributed by atoms with van der Waals surface area (Å²) in [5, 5.41) is 6.59. The van der Waals surface area contributed by atoms with Crippen molar-refractivity contribution in [2.75, 3.05) is 11.9 Å². The van der Waals surface area contributed by atoms with Crippen molar-refractivity contribution in [3.05, 3.63) is 46.1 Å². The molecule has 1 N–H and O–H groups in total. The maximum absolute atomic E-state index is 13.2. The number of benzene rings is 1. The summed E-state index contributed by atoms with van der Waals surface area (Å²) in [4.78, 5) is 24.2. The molecule has 0 spiro atoms. The van der Waals surface area contributed by atoms with Crippen LogP contribution in [0.25, 0.3) is 0 Å². The number of anilines is 1. The first-order chi connectivity index (χ1) is 12.6. The second-order valence-electron chi connectivity index (χ2n) is 6.20. The number of fused-ring (bicyclic) bond motifs is 1. The van der Waals surface area contributed by atoms with Crippen LogP contribution in [0.4, 0.5) is 19.0 Å². The molecule has 6 nitrogen and oxygen atoms in total. The molecular weight excluding hydrogens is 431 g/mol. The molecule has 2 aromatic rings. The van der Waals surface area contributed by atoms with Gasteiger partial charge in [0.25, 0.3) is 0 Å². The van der Waals surface area contributed by atoms with Crippen molar-refractivity contribution in [1.82, 2.24) is 9.78 Å². The predicted octanol–water partition coefficient (Wildman–Crippen LogP) is 3.99. The predicted molar refractivity (Wildman–Crippen MR) is 93.8 cm³/mol. The quantitative estimate of drug-likeness (QED) is 0.568. The lowest BCUT2D eigenvalue weighted by Gasteiger charge is -2.31. The number of esters is 1. The molecule has 0 saturated carbocycles. The zero-order chi connectivity index (χ0) is 19.8. The van der Waals surface area contributed by atoms with Crippen molar-refractivity contribution < 1.29 is 27.5 Å². The van der Waals surface area contributed by atoms with E-state index in [4.69, 9.17) is 4.74 Å². The molecule has 1 aromatic heterocycles. The molecule has 1 aromatic carbocycles. The van der Waals surface area contributed by atoms with E-state index < -0.39 is 36.6 Å². The van der Waals surface area contributed by atoms with Crippen molar-refractivity contribution in [3.63, 3.8) is 0 Å². The Morgan fingerprint density at radius 1 is 1.33 bits per heavy atom. The lowest BCUT2D eigenvalue weighted by molar-refractivity contribution is -0.173. The monoisotopic (exact) mass is 445 g/mol. The Morgan fingerprint density at radius 2 is 2.00 bits per heavy atom. The Balaban J connectivity index is 1.71. The van der Waals surface area contributed by atoms with E-state index in [2.05, 4.69) is 26.3 Å². The first-order valence-corrected chi connectivity index (χ1v) is 8.83. The Labute approximate surface area is 160 Å². The fourth-order valence-corrected chi connectivity index (χ4v) is 3.05. The van der Waals surface area contributed by atoms with Gasteiger partial charge in [0.2, 0.25) is 0 Å². The largest absolute Gasteiger partial charge is 0.453 e. The first kappa shape index (κ1) is 19.4. The van der Waals surface area contributed by atoms with Gasteiger partial charge in [-0.1, -0.05) is 28.1 Å². The van der Waals surface area contributed by atoms with Crippen molar-refractivity contribution in [2.24, 2.45) is 0 Å². The van der Waals surface area contributed by atoms with Gasteiger partial charge in [-0.25, -0.2) is 9.48 Å². The van der Waals surface area contributed by atoms with Crippen LogP contribution < -0.4 is 5.32 Å². The van der Waals surface area contributed by atoms with E-state index in [1.165, 1.54) is 6.07 Å². The van der Waals surface area contributed by atoms with Gasteiger partial charge in [0.15, 0.2) is 24.1 Å². The minimum absolute atomic E-state index is 0.0854. The maximum Gasteiger partial charge on any atom is 0.410 e. The highest BCUT2D eigenvalue weighted by molar-refractivity contribution is 9.10. The van der Waals surface area contributed by atoms with Gasteiger partial charge in [0.05, 0.1) is 0 Å². The Bertz CT molecular complexity index is 865. The second kappa shape index (κ2) is 7.34. The van der Waals surface area contributed by atoms with Crippen LogP contribution in [-0.4, -0.2) is 40.4 Å². The Kier molecular flexibility index (Phi) is 5.27. The molecule has 3 rings (SSSR count). The van der Waals surface area contributed by atoms with Crippen molar-refractivity contribution >= 4 is 33.5 Å². The van der Waals surface area contributed by atoms with E-state index in [0.717, 1.165) is 9.15 Å². The summed E-state index contributed by atoms with van der Waals surface area (Å²) in [7, 11) is 0. The van der Waals surface area contributed by atoms with E-state index in [1.807, 2.05) is 0 Å². The third kappa shape index (κ3) is 4.32. The number of Topliss-reactive ketones (excluding diaryl/α,β-unsaturated/α-hetero) is 1. The molecule has 0 saturated heterocycles. The number of ketones is 1. The molecule has 144 valence electrons. The van der Waals surface area contributed by atoms with Gasteiger partial charge < -0.3 is 10.1 Å². The van der Waals surface area contributed by atoms with Gasteiger partial charge in [-0.2, -0.15) is 18.3 Å². The summed E-state index contributed by atoms with van der Waals surface area (Å²) in [5.41, 5.74) is 0.0622. The van der Waals surface area contributed by atoms with Crippen LogP contribution in [0, 0.1) is 0 Å². The Morgan fingerprint density at radius 3 is 2.63 bits per heavy atom. The van der Waals surface area contributed by atoms with Crippen LogP contribution in [0.3, 0.4) is 0 Å². The van der Waals surface area contributed by atoms with Crippen LogP contribution in [0.2, 0.25) is 0 Å². The molecule has 0 amide bonds. The molecule has 0 aliphatic carbocycles. The molecule has 27 heavy (non-hydrogen) atoms. The topological polar surface area (TPSA) is 73.2 Å². The molecule has 0 radical (unpaired) electrons. The fraction of sp³-hybridized carbons (Fsp3) is 0.353. The van der Waals surface area contributed by atoms with Crippen molar-refractivity contribution in [3.8, 4) is 0 Å². The van der Waals surface area contributed by atoms with Gasteiger partial charge in [0, 0.05) is 22.1 Å². The SMILES string of the molecule is CC1CC(C(F)(F)F)n2nc(C(=O)OCC(=O)c3ccc(Br)cc3)cc2N1. The van der Waals surface area contributed by atoms with E-state index >= 15 is 0 Å². The van der Waals surface area contributed by atoms with Gasteiger partial charge >= 0.3 is 12.1 Å². The number of hydrogen-bond donors (Lipinski definition) is 1. The smallest absolute Gasteiger partial charge is 0.410 e. The molecule has 0 fully saturated rings. The summed E-state index contributed by atoms with van der Waals surface area (Å²) < 4.78 is 46.1. The minimum Gasteiger partial charge on any atom is -0.453 e. The summed E-state index contributed by atoms with van der Waals surface area (Å²) in [6, 6.07) is 5.41. The number of carbonyl (C=O) groups is 2. The van der Waals surface area contributed by atoms with Crippen LogP contribution in [0.15, 0.2) is 34.8 Å². The summed E-state index contributed by atoms with van der Waals surface area (Å²) >= 11 is 3.24. The molecule has 0 bridgehead atoms. The van der Waals surface area contributed by atoms with Crippen molar-refractivity contribution in [1.29, 1.82) is 0 Å². The molecular formula is C17H15BrF3N3O3. The van der Waals surface area contributed by atoms with Gasteiger partial charge in [-0.3, -0.25) is 4.79 Å². The summed E-state index contributed by atoms with van der Waals surface area (Å²) in [5.74, 6) is -1.31. The summed E-state index contributed by atoms with van der Waals surface area (Å²) in [6.45, 7) is 1.08. The van der Waals surface area contributed by atoms with Crippen molar-refractivity contribution in [2.45, 2.75) is 31.6 Å². The zero-order valence-corrected chi connectivity index (χ0v) is 15.7. The fourth-order valence-electron chi connectivity index (χ4n) is 2.78. The highest BCUT2D eigenvalue weighted by atomic mass is 79.9. The lowest BCUT2D eigenvalue weighted by Crippen LogP contribution is -2.37. The summed E-state index contributed by atoms with van der Waals surface area (Å²) in [6.07, 6.45) is -4.69. The molecule has 2 unspecified atom stereocenters. The average Bonchev–Trinajstić information content (AvgIpc) is 3.02. The van der Waals surface area contributed by atoms with Crippen LogP contribution in [0.1, 0.15) is 40.2 Å². The molecule has 10 heteroatoms. The molecule has 1 aliphatic heterocycles. The second-order valence-corrected chi connectivity index (χ2v) is 7.12. The number of halogens is 4. The minimum atomic E-state index is -4.49.